The molecule has 20 heavy (non-hydrogen) atoms. The second-order valence-electron chi connectivity index (χ2n) is 4.60. The molecule has 3 rings (SSSR count). The molecule has 1 aromatic heterocycles. The van der Waals surface area contributed by atoms with Crippen molar-refractivity contribution in [1.82, 2.24) is 4.98 Å². The molecule has 0 atom stereocenters. The van der Waals surface area contributed by atoms with Gasteiger partial charge in [0.05, 0.1) is 11.6 Å². The third kappa shape index (κ3) is 2.47. The first-order chi connectivity index (χ1) is 9.78. The van der Waals surface area contributed by atoms with E-state index in [1.165, 1.54) is 11.1 Å². The number of oxazole rings is 1. The predicted molar refractivity (Wildman–Crippen MR) is 81.7 cm³/mol. The van der Waals surface area contributed by atoms with Crippen LogP contribution in [0.2, 0.25) is 0 Å². The lowest BCUT2D eigenvalue weighted by Gasteiger charge is -2.02. The van der Waals surface area contributed by atoms with Gasteiger partial charge in [-0.15, -0.1) is 11.6 Å². The second kappa shape index (κ2) is 5.51. The summed E-state index contributed by atoms with van der Waals surface area (Å²) in [4.78, 5) is 4.40. The van der Waals surface area contributed by atoms with Crippen molar-refractivity contribution in [2.24, 2.45) is 0 Å². The maximum Gasteiger partial charge on any atom is 0.226 e. The lowest BCUT2D eigenvalue weighted by molar-refractivity contribution is 0.540. The molecule has 0 aliphatic carbocycles. The first kappa shape index (κ1) is 12.9. The zero-order valence-corrected chi connectivity index (χ0v) is 11.9. The minimum absolute atomic E-state index is 0.372. The summed E-state index contributed by atoms with van der Waals surface area (Å²) in [5, 5.41) is 0. The molecule has 0 saturated heterocycles. The van der Waals surface area contributed by atoms with Gasteiger partial charge in [0.1, 0.15) is 5.76 Å². The number of aromatic nitrogens is 1. The number of aryl methyl sites for hydroxylation is 1. The Kier molecular flexibility index (Phi) is 3.57. The summed E-state index contributed by atoms with van der Waals surface area (Å²) in [6, 6.07) is 18.5. The molecule has 2 aromatic carbocycles. The van der Waals surface area contributed by atoms with Gasteiger partial charge in [-0.3, -0.25) is 0 Å². The highest BCUT2D eigenvalue weighted by Gasteiger charge is 2.10. The van der Waals surface area contributed by atoms with Crippen LogP contribution in [0.25, 0.3) is 22.6 Å². The SMILES string of the molecule is Cc1oc(-c2ccc(-c3ccccc3)cc2)nc1CCl. The Morgan fingerprint density at radius 3 is 2.10 bits per heavy atom. The molecule has 0 aliphatic rings. The van der Waals surface area contributed by atoms with Crippen LogP contribution in [-0.4, -0.2) is 4.98 Å². The number of hydrogen-bond acceptors (Lipinski definition) is 2. The van der Waals surface area contributed by atoms with Gasteiger partial charge in [-0.25, -0.2) is 4.98 Å². The summed E-state index contributed by atoms with van der Waals surface area (Å²) >= 11 is 5.82. The molecule has 0 saturated carbocycles. The Morgan fingerprint density at radius 1 is 0.900 bits per heavy atom. The molecule has 0 unspecified atom stereocenters. The van der Waals surface area contributed by atoms with Gasteiger partial charge in [0.15, 0.2) is 0 Å². The van der Waals surface area contributed by atoms with Crippen LogP contribution >= 0.6 is 11.6 Å². The Balaban J connectivity index is 1.93. The fraction of sp³-hybridized carbons (Fsp3) is 0.118. The zero-order valence-electron chi connectivity index (χ0n) is 11.1. The van der Waals surface area contributed by atoms with Crippen LogP contribution in [0.4, 0.5) is 0 Å². The highest BCUT2D eigenvalue weighted by Crippen LogP contribution is 2.26. The van der Waals surface area contributed by atoms with E-state index in [0.717, 1.165) is 17.0 Å². The van der Waals surface area contributed by atoms with Crippen molar-refractivity contribution in [1.29, 1.82) is 0 Å². The molecular weight excluding hydrogens is 270 g/mol. The van der Waals surface area contributed by atoms with Gasteiger partial charge in [-0.2, -0.15) is 0 Å². The third-order valence-corrected chi connectivity index (χ3v) is 3.51. The Bertz CT molecular complexity index is 702. The molecule has 0 spiro atoms. The molecule has 0 N–H and O–H groups in total. The Labute approximate surface area is 123 Å². The number of benzene rings is 2. The molecule has 3 heteroatoms. The fourth-order valence-corrected chi connectivity index (χ4v) is 2.36. The van der Waals surface area contributed by atoms with Crippen molar-refractivity contribution in [2.75, 3.05) is 0 Å². The molecule has 100 valence electrons. The zero-order chi connectivity index (χ0) is 13.9. The summed E-state index contributed by atoms with van der Waals surface area (Å²) in [7, 11) is 0. The van der Waals surface area contributed by atoms with Gasteiger partial charge in [0, 0.05) is 5.56 Å². The number of hydrogen-bond donors (Lipinski definition) is 0. The van der Waals surface area contributed by atoms with Crippen molar-refractivity contribution in [3.8, 4) is 22.6 Å². The molecule has 0 bridgehead atoms. The van der Waals surface area contributed by atoms with Crippen LogP contribution in [0.5, 0.6) is 0 Å². The van der Waals surface area contributed by atoms with E-state index in [0.29, 0.717) is 11.8 Å². The van der Waals surface area contributed by atoms with Crippen molar-refractivity contribution >= 4 is 11.6 Å². The summed E-state index contributed by atoms with van der Waals surface area (Å²) < 4.78 is 5.64. The molecule has 0 fully saturated rings. The van der Waals surface area contributed by atoms with Crippen LogP contribution in [0, 0.1) is 6.92 Å². The fourth-order valence-electron chi connectivity index (χ4n) is 2.11. The maximum atomic E-state index is 5.82. The average molecular weight is 284 g/mol. The van der Waals surface area contributed by atoms with E-state index in [2.05, 4.69) is 29.2 Å². The highest BCUT2D eigenvalue weighted by atomic mass is 35.5. The van der Waals surface area contributed by atoms with Crippen molar-refractivity contribution in [3.63, 3.8) is 0 Å². The average Bonchev–Trinajstić information content (AvgIpc) is 2.89. The number of nitrogens with zero attached hydrogens (tertiary/aromatic N) is 1. The van der Waals surface area contributed by atoms with Gasteiger partial charge < -0.3 is 4.42 Å². The largest absolute Gasteiger partial charge is 0.441 e. The van der Waals surface area contributed by atoms with Gasteiger partial charge in [0.25, 0.3) is 0 Å². The summed E-state index contributed by atoms with van der Waals surface area (Å²) in [6.07, 6.45) is 0. The van der Waals surface area contributed by atoms with Gasteiger partial charge >= 0.3 is 0 Å². The van der Waals surface area contributed by atoms with Crippen LogP contribution < -0.4 is 0 Å². The molecular formula is C17H14ClNO. The van der Waals surface area contributed by atoms with E-state index in [1.807, 2.05) is 37.3 Å². The molecule has 0 radical (unpaired) electrons. The lowest BCUT2D eigenvalue weighted by Crippen LogP contribution is -1.82. The van der Waals surface area contributed by atoms with E-state index < -0.39 is 0 Å². The standard InChI is InChI=1S/C17H14ClNO/c1-12-16(11-18)19-17(20-12)15-9-7-14(8-10-15)13-5-3-2-4-6-13/h2-10H,11H2,1H3. The third-order valence-electron chi connectivity index (χ3n) is 3.26. The number of alkyl halides is 1. The van der Waals surface area contributed by atoms with Crippen molar-refractivity contribution < 1.29 is 4.42 Å². The van der Waals surface area contributed by atoms with Crippen LogP contribution in [0.15, 0.2) is 59.0 Å². The lowest BCUT2D eigenvalue weighted by atomic mass is 10.0. The van der Waals surface area contributed by atoms with Crippen LogP contribution in [0.1, 0.15) is 11.5 Å². The van der Waals surface area contributed by atoms with Crippen LogP contribution in [0.3, 0.4) is 0 Å². The van der Waals surface area contributed by atoms with E-state index in [4.69, 9.17) is 16.0 Å². The Hall–Kier alpha value is -2.06. The van der Waals surface area contributed by atoms with Crippen LogP contribution in [-0.2, 0) is 5.88 Å². The molecule has 2 nitrogen and oxygen atoms in total. The van der Waals surface area contributed by atoms with E-state index in [1.54, 1.807) is 0 Å². The second-order valence-corrected chi connectivity index (χ2v) is 4.87. The minimum Gasteiger partial charge on any atom is -0.441 e. The van der Waals surface area contributed by atoms with Gasteiger partial charge in [0.2, 0.25) is 5.89 Å². The molecule has 0 aliphatic heterocycles. The first-order valence-corrected chi connectivity index (χ1v) is 6.99. The smallest absolute Gasteiger partial charge is 0.226 e. The van der Waals surface area contributed by atoms with Crippen molar-refractivity contribution in [3.05, 3.63) is 66.1 Å². The quantitative estimate of drug-likeness (QED) is 0.628. The summed E-state index contributed by atoms with van der Waals surface area (Å²) in [5.74, 6) is 1.78. The minimum atomic E-state index is 0.372. The highest BCUT2D eigenvalue weighted by molar-refractivity contribution is 6.17. The van der Waals surface area contributed by atoms with Crippen molar-refractivity contribution in [2.45, 2.75) is 12.8 Å². The van der Waals surface area contributed by atoms with E-state index >= 15 is 0 Å². The molecule has 1 heterocycles. The number of rotatable bonds is 3. The maximum absolute atomic E-state index is 5.82. The van der Waals surface area contributed by atoms with E-state index in [-0.39, 0.29) is 0 Å². The topological polar surface area (TPSA) is 26.0 Å². The summed E-state index contributed by atoms with van der Waals surface area (Å²) in [5.41, 5.74) is 4.14. The first-order valence-electron chi connectivity index (χ1n) is 6.46. The normalized spacial score (nSPS) is 10.7. The van der Waals surface area contributed by atoms with E-state index in [9.17, 15) is 0 Å². The van der Waals surface area contributed by atoms with Gasteiger partial charge in [-0.05, 0) is 30.2 Å². The Morgan fingerprint density at radius 2 is 1.50 bits per heavy atom. The summed E-state index contributed by atoms with van der Waals surface area (Å²) in [6.45, 7) is 1.88. The predicted octanol–water partition coefficient (Wildman–Crippen LogP) is 5.06. The van der Waals surface area contributed by atoms with Gasteiger partial charge in [-0.1, -0.05) is 42.5 Å². The molecule has 3 aromatic rings. The molecule has 0 amide bonds. The number of halogens is 1. The monoisotopic (exact) mass is 283 g/mol.